The van der Waals surface area contributed by atoms with Gasteiger partial charge in [0.1, 0.15) is 4.88 Å². The fraction of sp³-hybridized carbons (Fsp3) is 0.375. The Morgan fingerprint density at radius 1 is 1.36 bits per heavy atom. The fourth-order valence-electron chi connectivity index (χ4n) is 2.49. The van der Waals surface area contributed by atoms with Crippen molar-refractivity contribution < 1.29 is 4.79 Å². The van der Waals surface area contributed by atoms with Crippen molar-refractivity contribution in [3.05, 3.63) is 33.7 Å². The highest BCUT2D eigenvalue weighted by Gasteiger charge is 2.17. The van der Waals surface area contributed by atoms with E-state index in [0.717, 1.165) is 47.3 Å². The zero-order chi connectivity index (χ0) is 15.7. The van der Waals surface area contributed by atoms with Gasteiger partial charge in [-0.05, 0) is 25.6 Å². The molecule has 4 nitrogen and oxygen atoms in total. The number of carbonyl (C=O) groups excluding carboxylic acids is 1. The van der Waals surface area contributed by atoms with E-state index in [1.54, 1.807) is 0 Å². The van der Waals surface area contributed by atoms with Gasteiger partial charge in [-0.25, -0.2) is 5.43 Å². The van der Waals surface area contributed by atoms with Crippen LogP contribution in [0.5, 0.6) is 0 Å². The zero-order valence-corrected chi connectivity index (χ0v) is 14.2. The number of thiophene rings is 1. The van der Waals surface area contributed by atoms with E-state index in [1.165, 1.54) is 11.3 Å². The van der Waals surface area contributed by atoms with Gasteiger partial charge in [-0.2, -0.15) is 5.10 Å². The number of aryl methyl sites for hydroxylation is 1. The molecule has 0 radical (unpaired) electrons. The van der Waals surface area contributed by atoms with Gasteiger partial charge < -0.3 is 4.90 Å². The molecule has 0 saturated carbocycles. The molecule has 1 fully saturated rings. The van der Waals surface area contributed by atoms with E-state index >= 15 is 0 Å². The average Bonchev–Trinajstić information content (AvgIpc) is 2.83. The van der Waals surface area contributed by atoms with Crippen LogP contribution in [0.25, 0.3) is 10.1 Å². The molecule has 0 bridgehead atoms. The molecule has 2 heterocycles. The molecule has 2 aromatic rings. The lowest BCUT2D eigenvalue weighted by Crippen LogP contribution is -2.31. The summed E-state index contributed by atoms with van der Waals surface area (Å²) in [5.74, 6) is -0.227. The van der Waals surface area contributed by atoms with Crippen LogP contribution in [0.1, 0.15) is 28.1 Å². The monoisotopic (exact) mass is 335 g/mol. The van der Waals surface area contributed by atoms with Crippen LogP contribution in [0.15, 0.2) is 23.3 Å². The smallest absolute Gasteiger partial charge is 0.283 e. The Balaban J connectivity index is 1.78. The van der Waals surface area contributed by atoms with Crippen molar-refractivity contribution in [3.8, 4) is 0 Å². The van der Waals surface area contributed by atoms with Gasteiger partial charge >= 0.3 is 0 Å². The number of hydrazone groups is 1. The summed E-state index contributed by atoms with van der Waals surface area (Å²) < 4.78 is 1.03. The van der Waals surface area contributed by atoms with Crippen LogP contribution in [-0.2, 0) is 0 Å². The van der Waals surface area contributed by atoms with E-state index in [1.807, 2.05) is 25.1 Å². The summed E-state index contributed by atoms with van der Waals surface area (Å²) in [5.41, 5.74) is 4.85. The van der Waals surface area contributed by atoms with Crippen molar-refractivity contribution in [1.82, 2.24) is 10.3 Å². The lowest BCUT2D eigenvalue weighted by atomic mass is 10.1. The molecule has 6 heteroatoms. The number of benzene rings is 1. The van der Waals surface area contributed by atoms with Crippen molar-refractivity contribution in [2.75, 3.05) is 20.1 Å². The summed E-state index contributed by atoms with van der Waals surface area (Å²) >= 11 is 7.75. The molecule has 1 amide bonds. The number of likely N-dealkylation sites (tertiary alicyclic amines) is 1. The number of halogens is 1. The summed E-state index contributed by atoms with van der Waals surface area (Å²) in [7, 11) is 2.09. The number of nitrogens with zero attached hydrogens (tertiary/aromatic N) is 2. The van der Waals surface area contributed by atoms with Crippen LogP contribution >= 0.6 is 22.9 Å². The Labute approximate surface area is 138 Å². The van der Waals surface area contributed by atoms with Gasteiger partial charge in [-0.1, -0.05) is 23.7 Å². The first-order valence-corrected chi connectivity index (χ1v) is 8.47. The third kappa shape index (κ3) is 3.16. The maximum Gasteiger partial charge on any atom is 0.283 e. The summed E-state index contributed by atoms with van der Waals surface area (Å²) in [4.78, 5) is 15.1. The van der Waals surface area contributed by atoms with Crippen molar-refractivity contribution in [1.29, 1.82) is 0 Å². The van der Waals surface area contributed by atoms with Crippen LogP contribution in [0, 0.1) is 6.92 Å². The van der Waals surface area contributed by atoms with Crippen LogP contribution in [0.4, 0.5) is 0 Å². The lowest BCUT2D eigenvalue weighted by molar-refractivity contribution is 0.0958. The van der Waals surface area contributed by atoms with Gasteiger partial charge in [0.15, 0.2) is 0 Å². The molecule has 0 spiro atoms. The van der Waals surface area contributed by atoms with Gasteiger partial charge in [-0.15, -0.1) is 11.3 Å². The number of amides is 1. The standard InChI is InChI=1S/C16H18ClN3OS/c1-10-3-4-12-13(9-10)22-15(14(12)17)16(21)19-18-11-5-7-20(2)8-6-11/h3-4,9H,5-8H2,1-2H3,(H,19,21). The van der Waals surface area contributed by atoms with Crippen LogP contribution in [0.2, 0.25) is 5.02 Å². The minimum Gasteiger partial charge on any atom is -0.306 e. The number of rotatable bonds is 2. The second-order valence-corrected chi connectivity index (χ2v) is 7.10. The molecule has 0 unspecified atom stereocenters. The SMILES string of the molecule is Cc1ccc2c(Cl)c(C(=O)NN=C3CCN(C)CC3)sc2c1. The van der Waals surface area contributed by atoms with Crippen LogP contribution < -0.4 is 5.43 Å². The summed E-state index contributed by atoms with van der Waals surface area (Å²) in [5, 5.41) is 5.70. The molecular weight excluding hydrogens is 318 g/mol. The Bertz CT molecular complexity index is 743. The van der Waals surface area contributed by atoms with E-state index in [2.05, 4.69) is 22.5 Å². The molecule has 1 aliphatic heterocycles. The molecule has 0 atom stereocenters. The molecule has 1 aromatic heterocycles. The highest BCUT2D eigenvalue weighted by atomic mass is 35.5. The first-order chi connectivity index (χ1) is 10.5. The number of nitrogens with one attached hydrogen (secondary N) is 1. The van der Waals surface area contributed by atoms with Crippen molar-refractivity contribution in [2.45, 2.75) is 19.8 Å². The predicted molar refractivity (Wildman–Crippen MR) is 93.2 cm³/mol. The first-order valence-electron chi connectivity index (χ1n) is 7.27. The normalized spacial score (nSPS) is 16.0. The van der Waals surface area contributed by atoms with E-state index in [4.69, 9.17) is 11.6 Å². The average molecular weight is 336 g/mol. The number of carbonyl (C=O) groups is 1. The molecule has 1 saturated heterocycles. The van der Waals surface area contributed by atoms with Gasteiger partial charge in [0.25, 0.3) is 5.91 Å². The zero-order valence-electron chi connectivity index (χ0n) is 12.6. The highest BCUT2D eigenvalue weighted by molar-refractivity contribution is 7.21. The summed E-state index contributed by atoms with van der Waals surface area (Å²) in [6.07, 6.45) is 1.80. The topological polar surface area (TPSA) is 44.7 Å². The molecule has 1 aromatic carbocycles. The Morgan fingerprint density at radius 3 is 2.82 bits per heavy atom. The second kappa shape index (κ2) is 6.36. The maximum absolute atomic E-state index is 12.3. The molecular formula is C16H18ClN3OS. The van der Waals surface area contributed by atoms with Crippen molar-refractivity contribution in [2.24, 2.45) is 5.10 Å². The fourth-order valence-corrected chi connectivity index (χ4v) is 3.99. The Hall–Kier alpha value is -1.43. The number of fused-ring (bicyclic) bond motifs is 1. The number of hydrogen-bond donors (Lipinski definition) is 1. The first kappa shape index (κ1) is 15.5. The molecule has 1 aliphatic rings. The minimum atomic E-state index is -0.227. The summed E-state index contributed by atoms with van der Waals surface area (Å²) in [6.45, 7) is 3.99. The Morgan fingerprint density at radius 2 is 2.09 bits per heavy atom. The van der Waals surface area contributed by atoms with Gasteiger partial charge in [0.05, 0.1) is 5.02 Å². The van der Waals surface area contributed by atoms with Crippen molar-refractivity contribution >= 4 is 44.6 Å². The van der Waals surface area contributed by atoms with Crippen LogP contribution in [-0.4, -0.2) is 36.7 Å². The lowest BCUT2D eigenvalue weighted by Gasteiger charge is -2.22. The van der Waals surface area contributed by atoms with Gasteiger partial charge in [-0.3, -0.25) is 4.79 Å². The second-order valence-electron chi connectivity index (χ2n) is 5.67. The Kier molecular flexibility index (Phi) is 4.47. The number of hydrogen-bond acceptors (Lipinski definition) is 4. The highest BCUT2D eigenvalue weighted by Crippen LogP contribution is 2.35. The van der Waals surface area contributed by atoms with E-state index in [-0.39, 0.29) is 5.91 Å². The largest absolute Gasteiger partial charge is 0.306 e. The minimum absolute atomic E-state index is 0.227. The molecule has 1 N–H and O–H groups in total. The van der Waals surface area contributed by atoms with Crippen molar-refractivity contribution in [3.63, 3.8) is 0 Å². The van der Waals surface area contributed by atoms with E-state index < -0.39 is 0 Å². The molecule has 3 rings (SSSR count). The third-order valence-corrected chi connectivity index (χ3v) is 5.53. The summed E-state index contributed by atoms with van der Waals surface area (Å²) in [6, 6.07) is 6.01. The number of piperidine rings is 1. The maximum atomic E-state index is 12.3. The molecule has 116 valence electrons. The molecule has 22 heavy (non-hydrogen) atoms. The van der Waals surface area contributed by atoms with Gasteiger partial charge in [0, 0.05) is 41.7 Å². The van der Waals surface area contributed by atoms with E-state index in [9.17, 15) is 4.79 Å². The quantitative estimate of drug-likeness (QED) is 0.851. The molecule has 0 aliphatic carbocycles. The predicted octanol–water partition coefficient (Wildman–Crippen LogP) is 3.67. The van der Waals surface area contributed by atoms with Crippen LogP contribution in [0.3, 0.4) is 0 Å². The third-order valence-electron chi connectivity index (χ3n) is 3.87. The van der Waals surface area contributed by atoms with E-state index in [0.29, 0.717) is 9.90 Å². The van der Waals surface area contributed by atoms with Gasteiger partial charge in [0.2, 0.25) is 0 Å².